The van der Waals surface area contributed by atoms with E-state index < -0.39 is 30.2 Å². The van der Waals surface area contributed by atoms with E-state index in [0.29, 0.717) is 17.0 Å². The largest absolute Gasteiger partial charge is 0.497 e. The van der Waals surface area contributed by atoms with E-state index in [1.54, 1.807) is 55.6 Å². The summed E-state index contributed by atoms with van der Waals surface area (Å²) in [6.07, 6.45) is -1.47. The quantitative estimate of drug-likeness (QED) is 0.414. The minimum absolute atomic E-state index is 0.0811. The van der Waals surface area contributed by atoms with Gasteiger partial charge >= 0.3 is 0 Å². The highest BCUT2D eigenvalue weighted by atomic mass is 16.5. The predicted molar refractivity (Wildman–Crippen MR) is 120 cm³/mol. The molecule has 0 spiro atoms. The molecule has 0 bridgehead atoms. The van der Waals surface area contributed by atoms with Crippen molar-refractivity contribution >= 4 is 34.9 Å². The van der Waals surface area contributed by atoms with Crippen molar-refractivity contribution in [1.29, 1.82) is 0 Å². The van der Waals surface area contributed by atoms with Crippen LogP contribution >= 0.6 is 0 Å². The first-order valence-electron chi connectivity index (χ1n) is 10.5. The minimum atomic E-state index is -0.856. The fourth-order valence-electron chi connectivity index (χ4n) is 4.03. The highest BCUT2D eigenvalue weighted by molar-refractivity contribution is 6.00. The van der Waals surface area contributed by atoms with Gasteiger partial charge in [0.25, 0.3) is 0 Å². The molecule has 2 saturated heterocycles. The molecule has 10 heteroatoms. The molecule has 0 aliphatic carbocycles. The standard InChI is InChI=1S/C23H25N5O5/c1-12(29)13-3-5-14(6-4-13)24-21(31)17-11-18(30)26-20-19(17)22(32)28-23(27-20)25-15-7-9-16(33-2)10-8-15/h3-10,17,19-20,23,25,27H,11H2,1-2H3,(H,24,31)(H,26,30)(H,28,32). The lowest BCUT2D eigenvalue weighted by Crippen LogP contribution is -2.72. The van der Waals surface area contributed by atoms with Gasteiger partial charge in [0.1, 0.15) is 5.75 Å². The maximum Gasteiger partial charge on any atom is 0.229 e. The monoisotopic (exact) mass is 451 g/mol. The number of hydrogen-bond donors (Lipinski definition) is 5. The van der Waals surface area contributed by atoms with Crippen molar-refractivity contribution in [1.82, 2.24) is 16.0 Å². The van der Waals surface area contributed by atoms with Gasteiger partial charge in [0.05, 0.1) is 25.1 Å². The van der Waals surface area contributed by atoms with Crippen molar-refractivity contribution in [2.75, 3.05) is 17.7 Å². The number of nitrogens with one attached hydrogen (secondary N) is 5. The molecule has 2 aliphatic rings. The molecule has 2 heterocycles. The van der Waals surface area contributed by atoms with Crippen LogP contribution in [-0.4, -0.2) is 43.1 Å². The van der Waals surface area contributed by atoms with Gasteiger partial charge in [0.15, 0.2) is 12.1 Å². The molecule has 4 atom stereocenters. The van der Waals surface area contributed by atoms with Gasteiger partial charge in [-0.3, -0.25) is 24.5 Å². The maximum atomic E-state index is 13.0. The van der Waals surface area contributed by atoms with Crippen molar-refractivity contribution in [3.63, 3.8) is 0 Å². The average Bonchev–Trinajstić information content (AvgIpc) is 2.79. The van der Waals surface area contributed by atoms with Crippen LogP contribution < -0.4 is 31.3 Å². The first-order chi connectivity index (χ1) is 15.8. The number of piperidine rings is 1. The summed E-state index contributed by atoms with van der Waals surface area (Å²) in [5.74, 6) is -2.13. The van der Waals surface area contributed by atoms with Crippen LogP contribution in [0.1, 0.15) is 23.7 Å². The van der Waals surface area contributed by atoms with Crippen LogP contribution in [0.15, 0.2) is 48.5 Å². The molecule has 3 amide bonds. The molecule has 2 aliphatic heterocycles. The molecule has 33 heavy (non-hydrogen) atoms. The lowest BCUT2D eigenvalue weighted by Gasteiger charge is -2.43. The smallest absolute Gasteiger partial charge is 0.229 e. The second kappa shape index (κ2) is 9.29. The molecule has 4 unspecified atom stereocenters. The minimum Gasteiger partial charge on any atom is -0.497 e. The number of carbonyl (C=O) groups is 4. The van der Waals surface area contributed by atoms with E-state index in [9.17, 15) is 19.2 Å². The predicted octanol–water partition coefficient (Wildman–Crippen LogP) is 1.03. The van der Waals surface area contributed by atoms with Crippen molar-refractivity contribution < 1.29 is 23.9 Å². The topological polar surface area (TPSA) is 138 Å². The van der Waals surface area contributed by atoms with E-state index in [1.165, 1.54) is 6.92 Å². The second-order valence-electron chi connectivity index (χ2n) is 7.99. The Morgan fingerprint density at radius 3 is 2.27 bits per heavy atom. The Labute approximate surface area is 190 Å². The van der Waals surface area contributed by atoms with Crippen LogP contribution in [0.2, 0.25) is 0 Å². The molecule has 10 nitrogen and oxygen atoms in total. The summed E-state index contributed by atoms with van der Waals surface area (Å²) < 4.78 is 5.14. The molecule has 0 aromatic heterocycles. The molecular formula is C23H25N5O5. The summed E-state index contributed by atoms with van der Waals surface area (Å²) in [5.41, 5.74) is 1.74. The molecule has 2 fully saturated rings. The molecule has 2 aromatic carbocycles. The lowest BCUT2D eigenvalue weighted by molar-refractivity contribution is -0.144. The summed E-state index contributed by atoms with van der Waals surface area (Å²) >= 11 is 0. The number of hydrogen-bond acceptors (Lipinski definition) is 7. The van der Waals surface area contributed by atoms with Gasteiger partial charge in [-0.05, 0) is 55.5 Å². The zero-order valence-electron chi connectivity index (χ0n) is 18.2. The second-order valence-corrected chi connectivity index (χ2v) is 7.99. The number of rotatable bonds is 6. The summed E-state index contributed by atoms with van der Waals surface area (Å²) in [6.45, 7) is 1.46. The normalized spacial score (nSPS) is 24.1. The summed E-state index contributed by atoms with van der Waals surface area (Å²) in [5, 5.41) is 14.6. The molecule has 2 aromatic rings. The van der Waals surface area contributed by atoms with Gasteiger partial charge in [-0.2, -0.15) is 0 Å². The third-order valence-electron chi connectivity index (χ3n) is 5.75. The summed E-state index contributed by atoms with van der Waals surface area (Å²) in [4.78, 5) is 49.7. The van der Waals surface area contributed by atoms with E-state index in [1.807, 2.05) is 0 Å². The molecule has 0 saturated carbocycles. The molecular weight excluding hydrogens is 426 g/mol. The van der Waals surface area contributed by atoms with Crippen molar-refractivity contribution in [3.8, 4) is 5.75 Å². The Morgan fingerprint density at radius 2 is 1.64 bits per heavy atom. The average molecular weight is 451 g/mol. The molecule has 0 radical (unpaired) electrons. The molecule has 5 N–H and O–H groups in total. The number of benzene rings is 2. The van der Waals surface area contributed by atoms with Crippen LogP contribution in [0, 0.1) is 11.8 Å². The Hall–Kier alpha value is -3.92. The number of ketones is 1. The van der Waals surface area contributed by atoms with Crippen LogP contribution in [0.25, 0.3) is 0 Å². The highest BCUT2D eigenvalue weighted by Gasteiger charge is 2.48. The summed E-state index contributed by atoms with van der Waals surface area (Å²) in [6, 6.07) is 13.6. The zero-order chi connectivity index (χ0) is 23.5. The number of anilines is 2. The van der Waals surface area contributed by atoms with Crippen molar-refractivity contribution in [2.24, 2.45) is 11.8 Å². The molecule has 4 rings (SSSR count). The van der Waals surface area contributed by atoms with Crippen LogP contribution in [-0.2, 0) is 14.4 Å². The number of methoxy groups -OCH3 is 1. The number of Topliss-reactive ketones (excluding diaryl/α,β-unsaturated/α-hetero) is 1. The van der Waals surface area contributed by atoms with Crippen molar-refractivity contribution in [2.45, 2.75) is 25.8 Å². The summed E-state index contributed by atoms with van der Waals surface area (Å²) in [7, 11) is 1.57. The van der Waals surface area contributed by atoms with Crippen LogP contribution in [0.5, 0.6) is 5.75 Å². The van der Waals surface area contributed by atoms with Crippen molar-refractivity contribution in [3.05, 3.63) is 54.1 Å². The Balaban J connectivity index is 1.44. The zero-order valence-corrected chi connectivity index (χ0v) is 18.2. The third-order valence-corrected chi connectivity index (χ3v) is 5.75. The van der Waals surface area contributed by atoms with Gasteiger partial charge in [-0.15, -0.1) is 0 Å². The van der Waals surface area contributed by atoms with E-state index in [2.05, 4.69) is 26.6 Å². The highest BCUT2D eigenvalue weighted by Crippen LogP contribution is 2.28. The Morgan fingerprint density at radius 1 is 0.970 bits per heavy atom. The lowest BCUT2D eigenvalue weighted by atomic mass is 9.81. The van der Waals surface area contributed by atoms with Crippen LogP contribution in [0.4, 0.5) is 11.4 Å². The van der Waals surface area contributed by atoms with E-state index in [4.69, 9.17) is 4.74 Å². The number of carbonyl (C=O) groups excluding carboxylic acids is 4. The molecule has 172 valence electrons. The van der Waals surface area contributed by atoms with E-state index >= 15 is 0 Å². The van der Waals surface area contributed by atoms with E-state index in [-0.39, 0.29) is 24.0 Å². The first-order valence-corrected chi connectivity index (χ1v) is 10.5. The maximum absolute atomic E-state index is 13.0. The number of amides is 3. The van der Waals surface area contributed by atoms with Gasteiger partial charge in [0, 0.05) is 23.4 Å². The van der Waals surface area contributed by atoms with Gasteiger partial charge in [-0.1, -0.05) is 0 Å². The first kappa shape index (κ1) is 22.3. The SMILES string of the molecule is COc1ccc(NC2NC(=O)C3C(NC(=O)CC3C(=O)Nc3ccc(C(C)=O)cc3)N2)cc1. The Bertz CT molecular complexity index is 1070. The van der Waals surface area contributed by atoms with E-state index in [0.717, 1.165) is 5.69 Å². The Kier molecular flexibility index (Phi) is 6.27. The van der Waals surface area contributed by atoms with Gasteiger partial charge in [0.2, 0.25) is 17.7 Å². The number of ether oxygens (including phenoxy) is 1. The number of fused-ring (bicyclic) bond motifs is 1. The fourth-order valence-corrected chi connectivity index (χ4v) is 4.03. The fraction of sp³-hybridized carbons (Fsp3) is 0.304. The van der Waals surface area contributed by atoms with Gasteiger partial charge in [-0.25, -0.2) is 0 Å². The van der Waals surface area contributed by atoms with Gasteiger partial charge < -0.3 is 26.0 Å². The third kappa shape index (κ3) is 4.96. The van der Waals surface area contributed by atoms with Crippen LogP contribution in [0.3, 0.4) is 0 Å².